The molecule has 0 aromatic heterocycles. The Morgan fingerprint density at radius 2 is 2.18 bits per heavy atom. The second-order valence-electron chi connectivity index (χ2n) is 6.24. The van der Waals surface area contributed by atoms with Crippen LogP contribution in [0.25, 0.3) is 6.08 Å². The van der Waals surface area contributed by atoms with Crippen LogP contribution in [0.15, 0.2) is 23.8 Å². The van der Waals surface area contributed by atoms with Crippen LogP contribution in [0.3, 0.4) is 0 Å². The number of carbonyl (C=O) groups is 1. The fourth-order valence-electron chi connectivity index (χ4n) is 3.32. The SMILES string of the molecule is CCC(=Cc1cc([N+](=O)[O-])ccc1NC12CC(C1)C2)C(=O)O. The first kappa shape index (κ1) is 14.6. The van der Waals surface area contributed by atoms with Crippen LogP contribution in [0.2, 0.25) is 0 Å². The second-order valence-corrected chi connectivity index (χ2v) is 6.24. The average Bonchev–Trinajstić information content (AvgIpc) is 2.38. The van der Waals surface area contributed by atoms with Crippen molar-refractivity contribution in [2.24, 2.45) is 5.92 Å². The maximum atomic E-state index is 11.2. The summed E-state index contributed by atoms with van der Waals surface area (Å²) in [5.74, 6) is -0.180. The number of non-ortho nitro benzene ring substituents is 1. The smallest absolute Gasteiger partial charge is 0.331 e. The van der Waals surface area contributed by atoms with Gasteiger partial charge in [-0.2, -0.15) is 0 Å². The molecule has 116 valence electrons. The molecule has 3 aliphatic carbocycles. The maximum absolute atomic E-state index is 11.2. The summed E-state index contributed by atoms with van der Waals surface area (Å²) >= 11 is 0. The van der Waals surface area contributed by atoms with Gasteiger partial charge in [0.2, 0.25) is 0 Å². The largest absolute Gasteiger partial charge is 0.478 e. The number of anilines is 1. The Kier molecular flexibility index (Phi) is 3.39. The summed E-state index contributed by atoms with van der Waals surface area (Å²) in [7, 11) is 0. The summed E-state index contributed by atoms with van der Waals surface area (Å²) in [6, 6.07) is 4.57. The van der Waals surface area contributed by atoms with Crippen molar-refractivity contribution in [1.29, 1.82) is 0 Å². The molecule has 1 aromatic carbocycles. The Morgan fingerprint density at radius 3 is 2.64 bits per heavy atom. The van der Waals surface area contributed by atoms with E-state index < -0.39 is 10.9 Å². The minimum Gasteiger partial charge on any atom is -0.478 e. The Bertz CT molecular complexity index is 664. The molecule has 3 fully saturated rings. The minimum atomic E-state index is -0.995. The van der Waals surface area contributed by atoms with Crippen molar-refractivity contribution < 1.29 is 14.8 Å². The number of carboxylic acids is 1. The zero-order valence-electron chi connectivity index (χ0n) is 12.3. The molecule has 0 radical (unpaired) electrons. The number of hydrogen-bond donors (Lipinski definition) is 2. The lowest BCUT2D eigenvalue weighted by molar-refractivity contribution is -0.384. The number of carboxylic acid groups (broad SMARTS) is 1. The van der Waals surface area contributed by atoms with Crippen molar-refractivity contribution in [2.45, 2.75) is 38.1 Å². The summed E-state index contributed by atoms with van der Waals surface area (Å²) < 4.78 is 0. The molecule has 0 heterocycles. The number of nitrogens with zero attached hydrogens (tertiary/aromatic N) is 1. The molecule has 2 bridgehead atoms. The molecular formula is C16H18N2O4. The van der Waals surface area contributed by atoms with Crippen molar-refractivity contribution in [3.63, 3.8) is 0 Å². The van der Waals surface area contributed by atoms with Crippen molar-refractivity contribution in [1.82, 2.24) is 0 Å². The average molecular weight is 302 g/mol. The molecule has 6 nitrogen and oxygen atoms in total. The van der Waals surface area contributed by atoms with Crippen LogP contribution in [0, 0.1) is 16.0 Å². The van der Waals surface area contributed by atoms with Gasteiger partial charge in [-0.05, 0) is 43.7 Å². The highest BCUT2D eigenvalue weighted by Gasteiger charge is 2.56. The third-order valence-corrected chi connectivity index (χ3v) is 4.67. The van der Waals surface area contributed by atoms with Crippen LogP contribution in [-0.2, 0) is 4.79 Å². The molecule has 0 spiro atoms. The molecular weight excluding hydrogens is 284 g/mol. The van der Waals surface area contributed by atoms with E-state index in [2.05, 4.69) is 5.32 Å². The lowest BCUT2D eigenvalue weighted by Crippen LogP contribution is -2.63. The first-order valence-corrected chi connectivity index (χ1v) is 7.43. The molecule has 1 aromatic rings. The van der Waals surface area contributed by atoms with Gasteiger partial charge in [0.25, 0.3) is 5.69 Å². The molecule has 6 heteroatoms. The minimum absolute atomic E-state index is 0.0322. The fraction of sp³-hybridized carbons (Fsp3) is 0.438. The van der Waals surface area contributed by atoms with Crippen LogP contribution in [-0.4, -0.2) is 21.5 Å². The molecule has 2 N–H and O–H groups in total. The van der Waals surface area contributed by atoms with E-state index in [1.54, 1.807) is 13.0 Å². The zero-order valence-corrected chi connectivity index (χ0v) is 12.3. The van der Waals surface area contributed by atoms with Crippen LogP contribution in [0.1, 0.15) is 38.2 Å². The lowest BCUT2D eigenvalue weighted by Gasteiger charge is -2.62. The predicted octanol–water partition coefficient (Wildman–Crippen LogP) is 3.44. The molecule has 0 aliphatic heterocycles. The van der Waals surface area contributed by atoms with E-state index in [1.165, 1.54) is 18.2 Å². The summed E-state index contributed by atoms with van der Waals surface area (Å²) in [6.07, 6.45) is 5.29. The number of nitro benzene ring substituents is 1. The van der Waals surface area contributed by atoms with Gasteiger partial charge in [0.05, 0.1) is 4.92 Å². The Hall–Kier alpha value is -2.37. The van der Waals surface area contributed by atoms with Gasteiger partial charge in [-0.3, -0.25) is 10.1 Å². The highest BCUT2D eigenvalue weighted by atomic mass is 16.6. The maximum Gasteiger partial charge on any atom is 0.331 e. The molecule has 3 saturated carbocycles. The van der Waals surface area contributed by atoms with E-state index >= 15 is 0 Å². The van der Waals surface area contributed by atoms with E-state index in [1.807, 2.05) is 0 Å². The number of hydrogen-bond acceptors (Lipinski definition) is 4. The Labute approximate surface area is 128 Å². The highest BCUT2D eigenvalue weighted by molar-refractivity contribution is 5.93. The molecule has 22 heavy (non-hydrogen) atoms. The Morgan fingerprint density at radius 1 is 1.50 bits per heavy atom. The first-order valence-electron chi connectivity index (χ1n) is 7.43. The van der Waals surface area contributed by atoms with Crippen molar-refractivity contribution in [3.8, 4) is 0 Å². The number of aliphatic carboxylic acids is 1. The second kappa shape index (κ2) is 5.12. The van der Waals surface area contributed by atoms with Gasteiger partial charge in [-0.25, -0.2) is 4.79 Å². The van der Waals surface area contributed by atoms with Crippen LogP contribution in [0.5, 0.6) is 0 Å². The lowest BCUT2D eigenvalue weighted by atomic mass is 9.50. The third kappa shape index (κ3) is 2.45. The quantitative estimate of drug-likeness (QED) is 0.477. The zero-order chi connectivity index (χ0) is 15.9. The monoisotopic (exact) mass is 302 g/mol. The van der Waals surface area contributed by atoms with E-state index in [-0.39, 0.29) is 16.8 Å². The van der Waals surface area contributed by atoms with Gasteiger partial charge < -0.3 is 10.4 Å². The van der Waals surface area contributed by atoms with Gasteiger partial charge in [0, 0.05) is 34.5 Å². The van der Waals surface area contributed by atoms with E-state index in [0.29, 0.717) is 12.0 Å². The molecule has 0 amide bonds. The number of nitrogens with one attached hydrogen (secondary N) is 1. The highest BCUT2D eigenvalue weighted by Crippen LogP contribution is 2.58. The molecule has 4 rings (SSSR count). The fourth-order valence-corrected chi connectivity index (χ4v) is 3.32. The molecule has 0 unspecified atom stereocenters. The van der Waals surface area contributed by atoms with Gasteiger partial charge in [0.15, 0.2) is 0 Å². The topological polar surface area (TPSA) is 92.5 Å². The van der Waals surface area contributed by atoms with E-state index in [0.717, 1.165) is 30.9 Å². The van der Waals surface area contributed by atoms with Crippen molar-refractivity contribution >= 4 is 23.4 Å². The Balaban J connectivity index is 1.96. The van der Waals surface area contributed by atoms with Crippen LogP contribution >= 0.6 is 0 Å². The van der Waals surface area contributed by atoms with Gasteiger partial charge in [0.1, 0.15) is 0 Å². The molecule has 0 saturated heterocycles. The molecule has 3 aliphatic rings. The first-order chi connectivity index (χ1) is 10.4. The number of rotatable bonds is 6. The summed E-state index contributed by atoms with van der Waals surface area (Å²) in [6.45, 7) is 1.76. The summed E-state index contributed by atoms with van der Waals surface area (Å²) in [5.41, 5.74) is 1.67. The predicted molar refractivity (Wildman–Crippen MR) is 82.7 cm³/mol. The molecule has 0 atom stereocenters. The van der Waals surface area contributed by atoms with Crippen LogP contribution < -0.4 is 5.32 Å². The summed E-state index contributed by atoms with van der Waals surface area (Å²) in [5, 5.41) is 23.6. The normalized spacial score (nSPS) is 25.9. The van der Waals surface area contributed by atoms with E-state index in [4.69, 9.17) is 0 Å². The number of benzene rings is 1. The van der Waals surface area contributed by atoms with Gasteiger partial charge in [-0.15, -0.1) is 0 Å². The van der Waals surface area contributed by atoms with Crippen LogP contribution in [0.4, 0.5) is 11.4 Å². The summed E-state index contributed by atoms with van der Waals surface area (Å²) in [4.78, 5) is 21.7. The van der Waals surface area contributed by atoms with Gasteiger partial charge >= 0.3 is 5.97 Å². The van der Waals surface area contributed by atoms with Crippen molar-refractivity contribution in [3.05, 3.63) is 39.4 Å². The third-order valence-electron chi connectivity index (χ3n) is 4.67. The number of nitro groups is 1. The van der Waals surface area contributed by atoms with Crippen molar-refractivity contribution in [2.75, 3.05) is 5.32 Å². The van der Waals surface area contributed by atoms with Gasteiger partial charge in [-0.1, -0.05) is 6.92 Å². The standard InChI is InChI=1S/C16H18N2O4/c1-2-11(15(19)20)5-12-6-13(18(21)22)3-4-14(12)17-16-7-10(8-16)9-16/h3-6,10,17H,2,7-9H2,1H3,(H,19,20). The van der Waals surface area contributed by atoms with E-state index in [9.17, 15) is 20.0 Å².